The Morgan fingerprint density at radius 1 is 1.29 bits per heavy atom. The quantitative estimate of drug-likeness (QED) is 0.675. The number of rotatable bonds is 6. The Bertz CT molecular complexity index is 278. The molecule has 6 heteroatoms. The van der Waals surface area contributed by atoms with Gasteiger partial charge in [-0.1, -0.05) is 12.8 Å². The third-order valence-corrected chi connectivity index (χ3v) is 4.56. The first-order valence-electron chi connectivity index (χ1n) is 5.87. The molecule has 0 atom stereocenters. The minimum atomic E-state index is -0.901. The second-order valence-electron chi connectivity index (χ2n) is 4.35. The lowest BCUT2D eigenvalue weighted by atomic mass is 10.1. The van der Waals surface area contributed by atoms with Gasteiger partial charge in [0.25, 0.3) is 0 Å². The van der Waals surface area contributed by atoms with Crippen LogP contribution in [0.25, 0.3) is 0 Å². The molecular weight excluding hydrogens is 240 g/mol. The van der Waals surface area contributed by atoms with Crippen molar-refractivity contribution < 1.29 is 14.7 Å². The number of urea groups is 1. The zero-order valence-corrected chi connectivity index (χ0v) is 10.9. The van der Waals surface area contributed by atoms with E-state index in [1.807, 2.05) is 11.8 Å². The average Bonchev–Trinajstić information content (AvgIpc) is 2.75. The van der Waals surface area contributed by atoms with Gasteiger partial charge in [-0.2, -0.15) is 11.8 Å². The fraction of sp³-hybridized carbons (Fsp3) is 0.818. The highest BCUT2D eigenvalue weighted by Gasteiger charge is 2.33. The Hall–Kier alpha value is -0.910. The van der Waals surface area contributed by atoms with Gasteiger partial charge < -0.3 is 15.7 Å². The van der Waals surface area contributed by atoms with Crippen LogP contribution in [-0.2, 0) is 4.79 Å². The normalized spacial score (nSPS) is 17.7. The molecule has 0 aromatic carbocycles. The first-order chi connectivity index (χ1) is 8.08. The number of aliphatic carboxylic acids is 1. The Morgan fingerprint density at radius 3 is 2.47 bits per heavy atom. The molecule has 0 bridgehead atoms. The van der Waals surface area contributed by atoms with Crippen molar-refractivity contribution in [3.8, 4) is 0 Å². The van der Waals surface area contributed by atoms with E-state index in [9.17, 15) is 9.59 Å². The Morgan fingerprint density at radius 2 is 1.94 bits per heavy atom. The molecule has 0 saturated heterocycles. The van der Waals surface area contributed by atoms with Crippen LogP contribution in [0.3, 0.4) is 0 Å². The molecule has 0 unspecified atom stereocenters. The van der Waals surface area contributed by atoms with E-state index in [1.54, 1.807) is 0 Å². The number of nitrogens with one attached hydrogen (secondary N) is 2. The number of thioether (sulfide) groups is 1. The van der Waals surface area contributed by atoms with Gasteiger partial charge in [-0.05, 0) is 19.1 Å². The number of carbonyl (C=O) groups is 2. The maximum absolute atomic E-state index is 11.4. The largest absolute Gasteiger partial charge is 0.481 e. The SMILES string of the molecule is CSC1(CNC(=O)NCCC(=O)O)CCCC1. The third-order valence-electron chi connectivity index (χ3n) is 3.14. The molecule has 0 heterocycles. The summed E-state index contributed by atoms with van der Waals surface area (Å²) in [5, 5.41) is 13.8. The lowest BCUT2D eigenvalue weighted by Crippen LogP contribution is -2.43. The zero-order chi connectivity index (χ0) is 12.7. The molecule has 98 valence electrons. The van der Waals surface area contributed by atoms with E-state index in [0.717, 1.165) is 12.8 Å². The molecule has 5 nitrogen and oxygen atoms in total. The number of carboxylic acid groups (broad SMARTS) is 1. The van der Waals surface area contributed by atoms with E-state index in [0.29, 0.717) is 6.54 Å². The highest BCUT2D eigenvalue weighted by atomic mass is 32.2. The number of carboxylic acids is 1. The smallest absolute Gasteiger partial charge is 0.314 e. The Labute approximate surface area is 106 Å². The molecule has 0 aliphatic heterocycles. The Balaban J connectivity index is 2.20. The maximum atomic E-state index is 11.4. The van der Waals surface area contributed by atoms with Gasteiger partial charge in [-0.15, -0.1) is 0 Å². The summed E-state index contributed by atoms with van der Waals surface area (Å²) >= 11 is 1.81. The predicted octanol–water partition coefficient (Wildman–Crippen LogP) is 1.44. The summed E-state index contributed by atoms with van der Waals surface area (Å²) in [6.07, 6.45) is 6.77. The third kappa shape index (κ3) is 4.85. The van der Waals surface area contributed by atoms with Gasteiger partial charge in [-0.25, -0.2) is 4.79 Å². The van der Waals surface area contributed by atoms with Crippen molar-refractivity contribution in [1.82, 2.24) is 10.6 Å². The summed E-state index contributed by atoms with van der Waals surface area (Å²) in [6, 6.07) is -0.272. The number of hydrogen-bond donors (Lipinski definition) is 3. The molecule has 17 heavy (non-hydrogen) atoms. The number of amides is 2. The summed E-state index contributed by atoms with van der Waals surface area (Å²) in [7, 11) is 0. The van der Waals surface area contributed by atoms with Crippen LogP contribution < -0.4 is 10.6 Å². The molecule has 0 aromatic rings. The van der Waals surface area contributed by atoms with Crippen LogP contribution in [0.2, 0.25) is 0 Å². The molecular formula is C11H20N2O3S. The predicted molar refractivity (Wildman–Crippen MR) is 68.4 cm³/mol. The van der Waals surface area contributed by atoms with Crippen LogP contribution in [0.15, 0.2) is 0 Å². The maximum Gasteiger partial charge on any atom is 0.314 e. The van der Waals surface area contributed by atoms with Gasteiger partial charge in [0.2, 0.25) is 0 Å². The molecule has 1 fully saturated rings. The summed E-state index contributed by atoms with van der Waals surface area (Å²) in [5.74, 6) is -0.901. The minimum absolute atomic E-state index is 0.0406. The van der Waals surface area contributed by atoms with Crippen molar-refractivity contribution in [2.75, 3.05) is 19.3 Å². The van der Waals surface area contributed by atoms with Gasteiger partial charge >= 0.3 is 12.0 Å². The van der Waals surface area contributed by atoms with Crippen LogP contribution in [-0.4, -0.2) is 41.2 Å². The van der Waals surface area contributed by atoms with Crippen LogP contribution >= 0.6 is 11.8 Å². The highest BCUT2D eigenvalue weighted by molar-refractivity contribution is 8.00. The van der Waals surface area contributed by atoms with Crippen LogP contribution in [0.4, 0.5) is 4.79 Å². The lowest BCUT2D eigenvalue weighted by Gasteiger charge is -2.26. The van der Waals surface area contributed by atoms with Gasteiger partial charge in [0.15, 0.2) is 0 Å². The molecule has 3 N–H and O–H groups in total. The van der Waals surface area contributed by atoms with Crippen molar-refractivity contribution in [2.45, 2.75) is 36.9 Å². The number of carbonyl (C=O) groups excluding carboxylic acids is 1. The summed E-state index contributed by atoms with van der Waals surface area (Å²) in [5.41, 5.74) is 0. The summed E-state index contributed by atoms with van der Waals surface area (Å²) in [6.45, 7) is 0.834. The van der Waals surface area contributed by atoms with E-state index in [2.05, 4.69) is 16.9 Å². The molecule has 0 aromatic heterocycles. The van der Waals surface area contributed by atoms with E-state index >= 15 is 0 Å². The van der Waals surface area contributed by atoms with E-state index < -0.39 is 5.97 Å². The van der Waals surface area contributed by atoms with Gasteiger partial charge in [0, 0.05) is 17.8 Å². The molecule has 0 spiro atoms. The van der Waals surface area contributed by atoms with Crippen LogP contribution in [0.5, 0.6) is 0 Å². The van der Waals surface area contributed by atoms with Crippen molar-refractivity contribution in [3.05, 3.63) is 0 Å². The van der Waals surface area contributed by atoms with Crippen molar-refractivity contribution in [2.24, 2.45) is 0 Å². The van der Waals surface area contributed by atoms with E-state index in [1.165, 1.54) is 12.8 Å². The van der Waals surface area contributed by atoms with Crippen molar-refractivity contribution in [1.29, 1.82) is 0 Å². The van der Waals surface area contributed by atoms with Gasteiger partial charge in [0.05, 0.1) is 6.42 Å². The topological polar surface area (TPSA) is 78.4 Å². The molecule has 1 aliphatic rings. The van der Waals surface area contributed by atoms with Gasteiger partial charge in [-0.3, -0.25) is 4.79 Å². The minimum Gasteiger partial charge on any atom is -0.481 e. The second kappa shape index (κ2) is 6.74. The van der Waals surface area contributed by atoms with Crippen LogP contribution in [0.1, 0.15) is 32.1 Å². The monoisotopic (exact) mass is 260 g/mol. The Kier molecular flexibility index (Phi) is 5.61. The van der Waals surface area contributed by atoms with Crippen LogP contribution in [0, 0.1) is 0 Å². The molecule has 1 aliphatic carbocycles. The van der Waals surface area contributed by atoms with Gasteiger partial charge in [0.1, 0.15) is 0 Å². The van der Waals surface area contributed by atoms with E-state index in [-0.39, 0.29) is 23.7 Å². The zero-order valence-electron chi connectivity index (χ0n) is 10.1. The second-order valence-corrected chi connectivity index (χ2v) is 5.62. The fourth-order valence-electron chi connectivity index (χ4n) is 2.06. The summed E-state index contributed by atoms with van der Waals surface area (Å²) < 4.78 is 0.185. The molecule has 2 amide bonds. The fourth-order valence-corrected chi connectivity index (χ4v) is 2.97. The standard InChI is InChI=1S/C11H20N2O3S/c1-17-11(5-2-3-6-11)8-13-10(16)12-7-4-9(14)15/h2-8H2,1H3,(H,14,15)(H2,12,13,16). The number of hydrogen-bond acceptors (Lipinski definition) is 3. The first-order valence-corrected chi connectivity index (χ1v) is 7.09. The molecule has 1 saturated carbocycles. The summed E-state index contributed by atoms with van der Waals surface area (Å²) in [4.78, 5) is 21.7. The highest BCUT2D eigenvalue weighted by Crippen LogP contribution is 2.39. The van der Waals surface area contributed by atoms with E-state index in [4.69, 9.17) is 5.11 Å². The van der Waals surface area contributed by atoms with Crippen molar-refractivity contribution in [3.63, 3.8) is 0 Å². The average molecular weight is 260 g/mol. The first kappa shape index (κ1) is 14.2. The molecule has 1 rings (SSSR count). The molecule has 0 radical (unpaired) electrons. The lowest BCUT2D eigenvalue weighted by molar-refractivity contribution is -0.136. The van der Waals surface area contributed by atoms with Crippen molar-refractivity contribution >= 4 is 23.8 Å².